The Hall–Kier alpha value is -6.79. The van der Waals surface area contributed by atoms with Gasteiger partial charge in [0.05, 0.1) is 5.69 Å². The molecule has 8 rings (SSSR count). The number of hydrogen-bond donors (Lipinski definition) is 0. The first-order valence-electron chi connectivity index (χ1n) is 19.0. The van der Waals surface area contributed by atoms with Crippen LogP contribution in [0, 0.1) is 41.5 Å². The number of rotatable bonds is 9. The van der Waals surface area contributed by atoms with Crippen LogP contribution in [0.15, 0.2) is 152 Å². The quantitative estimate of drug-likeness (QED) is 0.138. The summed E-state index contributed by atoms with van der Waals surface area (Å²) in [6, 6.07) is 48.7. The summed E-state index contributed by atoms with van der Waals surface area (Å²) >= 11 is 0. The van der Waals surface area contributed by atoms with Crippen molar-refractivity contribution >= 4 is 17.5 Å². The summed E-state index contributed by atoms with van der Waals surface area (Å²) in [6.07, 6.45) is 3.30. The predicted molar refractivity (Wildman–Crippen MR) is 229 cm³/mol. The van der Waals surface area contributed by atoms with Gasteiger partial charge in [-0.2, -0.15) is 9.97 Å². The highest BCUT2D eigenvalue weighted by Crippen LogP contribution is 2.41. The normalized spacial score (nSPS) is 11.2. The van der Waals surface area contributed by atoms with E-state index in [1.165, 1.54) is 50.1 Å². The molecule has 6 nitrogen and oxygen atoms in total. The Morgan fingerprint density at radius 1 is 0.464 bits per heavy atom. The fraction of sp³-hybridized carbons (Fsp3) is 0.140. The standard InChI is InChI=1S/C50H44N6/c1-32-26-34(3)45(35(4)27-32)47(46-36(5)28-33(2)29-37(46)6)39-20-22-43(23-21-39)56(44-24-25-51-31-52-44)50-54-48(40-16-11-8-12-17-40)53-49(55-50)42-19-13-18-41(30-42)38-14-9-7-10-15-38/h7-31,47H,1-6H3. The SMILES string of the molecule is Cc1cc(C)c(C(c2ccc(N(c3ccncn3)c3nc(-c4ccccc4)nc(-c4cccc(-c5ccccc5)c4)n3)cc2)c2c(C)cc(C)cc2C)c(C)c1. The van der Waals surface area contributed by atoms with E-state index < -0.39 is 0 Å². The smallest absolute Gasteiger partial charge is 0.239 e. The lowest BCUT2D eigenvalue weighted by Crippen LogP contribution is -2.17. The number of anilines is 3. The average Bonchev–Trinajstić information content (AvgIpc) is 3.21. The first kappa shape index (κ1) is 36.2. The first-order chi connectivity index (χ1) is 27.2. The van der Waals surface area contributed by atoms with Crippen LogP contribution in [-0.2, 0) is 0 Å². The molecule has 0 unspecified atom stereocenters. The molecule has 0 atom stereocenters. The van der Waals surface area contributed by atoms with Crippen molar-refractivity contribution in [3.63, 3.8) is 0 Å². The Balaban J connectivity index is 1.30. The zero-order valence-electron chi connectivity index (χ0n) is 32.7. The van der Waals surface area contributed by atoms with Gasteiger partial charge < -0.3 is 0 Å². The molecule has 0 fully saturated rings. The van der Waals surface area contributed by atoms with Gasteiger partial charge in [-0.3, -0.25) is 4.90 Å². The summed E-state index contributed by atoms with van der Waals surface area (Å²) in [5.74, 6) is 2.29. The zero-order valence-corrected chi connectivity index (χ0v) is 32.7. The summed E-state index contributed by atoms with van der Waals surface area (Å²) in [5, 5.41) is 0. The van der Waals surface area contributed by atoms with E-state index in [-0.39, 0.29) is 5.92 Å². The van der Waals surface area contributed by atoms with Gasteiger partial charge in [0.25, 0.3) is 0 Å². The van der Waals surface area contributed by atoms with Gasteiger partial charge in [-0.05, 0) is 116 Å². The molecule has 0 radical (unpaired) electrons. The second kappa shape index (κ2) is 15.5. The van der Waals surface area contributed by atoms with E-state index in [1.807, 2.05) is 53.4 Å². The number of hydrogen-bond acceptors (Lipinski definition) is 6. The highest BCUT2D eigenvalue weighted by Gasteiger charge is 2.26. The van der Waals surface area contributed by atoms with E-state index in [0.717, 1.165) is 27.9 Å². The van der Waals surface area contributed by atoms with Crippen LogP contribution in [0.1, 0.15) is 56.0 Å². The molecule has 2 aromatic heterocycles. The van der Waals surface area contributed by atoms with E-state index in [2.05, 4.69) is 138 Å². The van der Waals surface area contributed by atoms with Crippen molar-refractivity contribution in [2.45, 2.75) is 47.5 Å². The Bertz CT molecular complexity index is 2540. The topological polar surface area (TPSA) is 67.7 Å². The van der Waals surface area contributed by atoms with Gasteiger partial charge in [0.1, 0.15) is 12.1 Å². The van der Waals surface area contributed by atoms with Gasteiger partial charge in [0.2, 0.25) is 5.95 Å². The Kier molecular flexibility index (Phi) is 10.0. The van der Waals surface area contributed by atoms with Crippen molar-refractivity contribution in [2.75, 3.05) is 4.90 Å². The fourth-order valence-electron chi connectivity index (χ4n) is 8.13. The molecule has 6 heteroatoms. The van der Waals surface area contributed by atoms with Crippen LogP contribution in [0.3, 0.4) is 0 Å². The maximum atomic E-state index is 5.18. The maximum absolute atomic E-state index is 5.18. The van der Waals surface area contributed by atoms with Gasteiger partial charge >= 0.3 is 0 Å². The number of nitrogens with zero attached hydrogens (tertiary/aromatic N) is 6. The molecule has 6 aromatic carbocycles. The van der Waals surface area contributed by atoms with Crippen LogP contribution in [-0.4, -0.2) is 24.9 Å². The molecular formula is C50H44N6. The molecule has 274 valence electrons. The fourth-order valence-corrected chi connectivity index (χ4v) is 8.13. The summed E-state index contributed by atoms with van der Waals surface area (Å²) in [7, 11) is 0. The van der Waals surface area contributed by atoms with Crippen molar-refractivity contribution in [2.24, 2.45) is 0 Å². The monoisotopic (exact) mass is 728 g/mol. The largest absolute Gasteiger partial charge is 0.263 e. The van der Waals surface area contributed by atoms with Gasteiger partial charge in [-0.15, -0.1) is 0 Å². The van der Waals surface area contributed by atoms with Crippen LogP contribution in [0.2, 0.25) is 0 Å². The highest BCUT2D eigenvalue weighted by atomic mass is 15.3. The molecule has 0 spiro atoms. The molecule has 0 amide bonds. The van der Waals surface area contributed by atoms with Gasteiger partial charge in [-0.25, -0.2) is 15.0 Å². The van der Waals surface area contributed by atoms with Crippen LogP contribution >= 0.6 is 0 Å². The van der Waals surface area contributed by atoms with Crippen LogP contribution < -0.4 is 4.90 Å². The third-order valence-electron chi connectivity index (χ3n) is 10.4. The predicted octanol–water partition coefficient (Wildman–Crippen LogP) is 12.2. The second-order valence-electron chi connectivity index (χ2n) is 14.6. The molecule has 0 saturated heterocycles. The molecule has 0 aliphatic rings. The molecule has 2 heterocycles. The van der Waals surface area contributed by atoms with Crippen molar-refractivity contribution in [3.8, 4) is 33.9 Å². The summed E-state index contributed by atoms with van der Waals surface area (Å²) in [6.45, 7) is 13.3. The zero-order chi connectivity index (χ0) is 38.8. The first-order valence-corrected chi connectivity index (χ1v) is 19.0. The van der Waals surface area contributed by atoms with Crippen molar-refractivity contribution in [1.29, 1.82) is 0 Å². The molecule has 8 aromatic rings. The van der Waals surface area contributed by atoms with Gasteiger partial charge in [0, 0.05) is 23.2 Å². The molecule has 56 heavy (non-hydrogen) atoms. The van der Waals surface area contributed by atoms with Crippen LogP contribution in [0.5, 0.6) is 0 Å². The van der Waals surface area contributed by atoms with Crippen molar-refractivity contribution < 1.29 is 0 Å². The van der Waals surface area contributed by atoms with Crippen LogP contribution in [0.25, 0.3) is 33.9 Å². The lowest BCUT2D eigenvalue weighted by Gasteiger charge is -2.28. The number of benzene rings is 6. The summed E-state index contributed by atoms with van der Waals surface area (Å²) in [4.78, 5) is 26.3. The highest BCUT2D eigenvalue weighted by molar-refractivity contribution is 5.75. The van der Waals surface area contributed by atoms with Gasteiger partial charge in [-0.1, -0.05) is 126 Å². The minimum Gasteiger partial charge on any atom is -0.263 e. The van der Waals surface area contributed by atoms with Crippen molar-refractivity contribution in [3.05, 3.63) is 202 Å². The molecule has 0 aliphatic carbocycles. The van der Waals surface area contributed by atoms with E-state index in [0.29, 0.717) is 23.4 Å². The second-order valence-corrected chi connectivity index (χ2v) is 14.6. The maximum Gasteiger partial charge on any atom is 0.239 e. The van der Waals surface area contributed by atoms with E-state index >= 15 is 0 Å². The van der Waals surface area contributed by atoms with Gasteiger partial charge in [0.15, 0.2) is 11.6 Å². The third kappa shape index (κ3) is 7.34. The number of aromatic nitrogens is 5. The minimum atomic E-state index is 0.0445. The Morgan fingerprint density at radius 3 is 1.54 bits per heavy atom. The lowest BCUT2D eigenvalue weighted by atomic mass is 9.77. The third-order valence-corrected chi connectivity index (χ3v) is 10.4. The van der Waals surface area contributed by atoms with E-state index in [1.54, 1.807) is 12.5 Å². The molecule has 0 bridgehead atoms. The molecule has 0 N–H and O–H groups in total. The van der Waals surface area contributed by atoms with Crippen LogP contribution in [0.4, 0.5) is 17.5 Å². The summed E-state index contributed by atoms with van der Waals surface area (Å²) in [5.41, 5.74) is 16.5. The summed E-state index contributed by atoms with van der Waals surface area (Å²) < 4.78 is 0. The van der Waals surface area contributed by atoms with Crippen molar-refractivity contribution in [1.82, 2.24) is 24.9 Å². The number of aryl methyl sites for hydroxylation is 6. The lowest BCUT2D eigenvalue weighted by molar-refractivity contribution is 0.918. The molecular weight excluding hydrogens is 685 g/mol. The Labute approximate surface area is 329 Å². The molecule has 0 aliphatic heterocycles. The Morgan fingerprint density at radius 2 is 0.982 bits per heavy atom. The molecule has 0 saturated carbocycles. The van der Waals surface area contributed by atoms with E-state index in [9.17, 15) is 0 Å². The minimum absolute atomic E-state index is 0.0445. The average molecular weight is 729 g/mol. The van der Waals surface area contributed by atoms with E-state index in [4.69, 9.17) is 19.9 Å².